The monoisotopic (exact) mass is 185 g/mol. The van der Waals surface area contributed by atoms with E-state index in [0.717, 1.165) is 19.6 Å². The Bertz CT molecular complexity index is 187. The van der Waals surface area contributed by atoms with Crippen LogP contribution in [0.15, 0.2) is 0 Å². The van der Waals surface area contributed by atoms with Gasteiger partial charge in [-0.3, -0.25) is 4.90 Å². The molecule has 0 bridgehead atoms. The zero-order chi connectivity index (χ0) is 10.0. The van der Waals surface area contributed by atoms with Crippen LogP contribution in [0.25, 0.3) is 0 Å². The lowest BCUT2D eigenvalue weighted by molar-refractivity contribution is 0.0597. The van der Waals surface area contributed by atoms with Crippen molar-refractivity contribution in [2.45, 2.75) is 19.9 Å². The molecule has 0 aromatic carbocycles. The summed E-state index contributed by atoms with van der Waals surface area (Å²) < 4.78 is 0. The second kappa shape index (κ2) is 3.96. The fourth-order valence-electron chi connectivity index (χ4n) is 1.63. The molecular weight excluding hydrogens is 166 g/mol. The van der Waals surface area contributed by atoms with Gasteiger partial charge in [0.05, 0.1) is 6.04 Å². The van der Waals surface area contributed by atoms with Crippen LogP contribution in [0.3, 0.4) is 0 Å². The highest BCUT2D eigenvalue weighted by atomic mass is 16.2. The largest absolute Gasteiger partial charge is 0.351 e. The summed E-state index contributed by atoms with van der Waals surface area (Å²) in [5.41, 5.74) is 5.16. The van der Waals surface area contributed by atoms with Crippen molar-refractivity contribution in [1.82, 2.24) is 9.80 Å². The van der Waals surface area contributed by atoms with Gasteiger partial charge in [0.2, 0.25) is 0 Å². The van der Waals surface area contributed by atoms with Gasteiger partial charge in [-0.25, -0.2) is 4.79 Å². The number of primary amides is 1. The van der Waals surface area contributed by atoms with E-state index in [-0.39, 0.29) is 6.03 Å². The molecule has 2 amide bonds. The fraction of sp³-hybridized carbons (Fsp3) is 0.889. The molecule has 0 spiro atoms. The van der Waals surface area contributed by atoms with Crippen molar-refractivity contribution >= 4 is 6.03 Å². The van der Waals surface area contributed by atoms with Gasteiger partial charge in [-0.15, -0.1) is 0 Å². The Kier molecular flexibility index (Phi) is 3.14. The molecule has 4 nitrogen and oxygen atoms in total. The summed E-state index contributed by atoms with van der Waals surface area (Å²) in [5, 5.41) is 0. The van der Waals surface area contributed by atoms with E-state index >= 15 is 0 Å². The van der Waals surface area contributed by atoms with Crippen molar-refractivity contribution in [3.05, 3.63) is 0 Å². The zero-order valence-electron chi connectivity index (χ0n) is 8.66. The number of carbonyl (C=O) groups is 1. The van der Waals surface area contributed by atoms with Gasteiger partial charge in [0.25, 0.3) is 0 Å². The van der Waals surface area contributed by atoms with E-state index in [2.05, 4.69) is 18.7 Å². The molecule has 76 valence electrons. The minimum Gasteiger partial charge on any atom is -0.351 e. The number of urea groups is 1. The van der Waals surface area contributed by atoms with Gasteiger partial charge in [-0.1, -0.05) is 13.8 Å². The first-order valence-corrected chi connectivity index (χ1v) is 4.75. The Morgan fingerprint density at radius 3 is 2.54 bits per heavy atom. The van der Waals surface area contributed by atoms with Crippen LogP contribution in [-0.2, 0) is 0 Å². The van der Waals surface area contributed by atoms with Crippen molar-refractivity contribution in [3.63, 3.8) is 0 Å². The molecule has 13 heavy (non-hydrogen) atoms. The maximum absolute atomic E-state index is 10.8. The molecule has 0 atom stereocenters. The fourth-order valence-corrected chi connectivity index (χ4v) is 1.63. The van der Waals surface area contributed by atoms with Crippen LogP contribution in [0, 0.1) is 5.92 Å². The van der Waals surface area contributed by atoms with Crippen molar-refractivity contribution in [3.8, 4) is 0 Å². The van der Waals surface area contributed by atoms with Gasteiger partial charge < -0.3 is 10.6 Å². The minimum absolute atomic E-state index is 0.325. The number of hydrogen-bond donors (Lipinski definition) is 1. The highest BCUT2D eigenvalue weighted by molar-refractivity contribution is 5.72. The highest BCUT2D eigenvalue weighted by Crippen LogP contribution is 2.14. The molecule has 0 saturated carbocycles. The second-order valence-electron chi connectivity index (χ2n) is 4.22. The summed E-state index contributed by atoms with van der Waals surface area (Å²) in [6, 6.07) is 0.00504. The Balaban J connectivity index is 2.21. The molecular formula is C9H19N3O. The molecule has 1 fully saturated rings. The Morgan fingerprint density at radius 2 is 2.15 bits per heavy atom. The lowest BCUT2D eigenvalue weighted by atomic mass is 10.1. The first-order valence-electron chi connectivity index (χ1n) is 4.75. The first-order chi connectivity index (χ1) is 6.00. The van der Waals surface area contributed by atoms with E-state index in [4.69, 9.17) is 5.73 Å². The van der Waals surface area contributed by atoms with Crippen molar-refractivity contribution < 1.29 is 4.79 Å². The second-order valence-corrected chi connectivity index (χ2v) is 4.22. The molecule has 1 heterocycles. The van der Waals surface area contributed by atoms with E-state index in [9.17, 15) is 4.79 Å². The Hall–Kier alpha value is -0.770. The van der Waals surface area contributed by atoms with Gasteiger partial charge in [-0.2, -0.15) is 0 Å². The van der Waals surface area contributed by atoms with Gasteiger partial charge in [0, 0.05) is 26.7 Å². The number of rotatable bonds is 3. The number of nitrogens with two attached hydrogens (primary N) is 1. The van der Waals surface area contributed by atoms with Crippen LogP contribution in [-0.4, -0.2) is 48.6 Å². The number of carbonyl (C=O) groups excluding carboxylic acids is 1. The molecule has 0 unspecified atom stereocenters. The van der Waals surface area contributed by atoms with E-state index in [0.29, 0.717) is 12.0 Å². The van der Waals surface area contributed by atoms with Crippen LogP contribution >= 0.6 is 0 Å². The quantitative estimate of drug-likeness (QED) is 0.689. The molecule has 2 N–H and O–H groups in total. The predicted molar refractivity (Wildman–Crippen MR) is 52.4 cm³/mol. The number of likely N-dealkylation sites (N-methyl/N-ethyl adjacent to an activating group) is 1. The number of likely N-dealkylation sites (tertiary alicyclic amines) is 1. The van der Waals surface area contributed by atoms with Gasteiger partial charge in [0.15, 0.2) is 0 Å². The third-order valence-electron chi connectivity index (χ3n) is 2.46. The maximum Gasteiger partial charge on any atom is 0.314 e. The summed E-state index contributed by atoms with van der Waals surface area (Å²) in [6.45, 7) is 7.45. The highest BCUT2D eigenvalue weighted by Gasteiger charge is 2.31. The van der Waals surface area contributed by atoms with Crippen molar-refractivity contribution in [2.24, 2.45) is 11.7 Å². The Labute approximate surface area is 79.7 Å². The molecule has 0 aromatic rings. The molecule has 0 aliphatic carbocycles. The van der Waals surface area contributed by atoms with Gasteiger partial charge >= 0.3 is 6.03 Å². The van der Waals surface area contributed by atoms with Crippen LogP contribution in [0.4, 0.5) is 4.79 Å². The number of nitrogens with zero attached hydrogens (tertiary/aromatic N) is 2. The standard InChI is InChI=1S/C9H19N3O/c1-7(2)4-12-5-8(6-12)11(3)9(10)13/h7-8H,4-6H2,1-3H3,(H2,10,13). The summed E-state index contributed by atoms with van der Waals surface area (Å²) in [7, 11) is 1.76. The average molecular weight is 185 g/mol. The normalized spacial score (nSPS) is 18.8. The molecule has 4 heteroatoms. The zero-order valence-corrected chi connectivity index (χ0v) is 8.66. The lowest BCUT2D eigenvalue weighted by Crippen LogP contribution is -2.61. The molecule has 0 radical (unpaired) electrons. The topological polar surface area (TPSA) is 49.6 Å². The smallest absolute Gasteiger partial charge is 0.314 e. The van der Waals surface area contributed by atoms with E-state index < -0.39 is 0 Å². The van der Waals surface area contributed by atoms with Crippen LogP contribution in [0.2, 0.25) is 0 Å². The summed E-state index contributed by atoms with van der Waals surface area (Å²) in [5.74, 6) is 0.694. The Morgan fingerprint density at radius 1 is 1.62 bits per heavy atom. The molecule has 1 saturated heterocycles. The molecule has 1 aliphatic heterocycles. The summed E-state index contributed by atoms with van der Waals surface area (Å²) in [6.07, 6.45) is 0. The van der Waals surface area contributed by atoms with Crippen molar-refractivity contribution in [1.29, 1.82) is 0 Å². The third-order valence-corrected chi connectivity index (χ3v) is 2.46. The van der Waals surface area contributed by atoms with E-state index in [1.165, 1.54) is 0 Å². The van der Waals surface area contributed by atoms with Gasteiger partial charge in [0.1, 0.15) is 0 Å². The SMILES string of the molecule is CC(C)CN1CC(N(C)C(N)=O)C1. The van der Waals surface area contributed by atoms with Crippen molar-refractivity contribution in [2.75, 3.05) is 26.7 Å². The first kappa shape index (κ1) is 10.3. The third kappa shape index (κ3) is 2.59. The predicted octanol–water partition coefficient (Wildman–Crippen LogP) is 0.337. The van der Waals surface area contributed by atoms with E-state index in [1.807, 2.05) is 0 Å². The minimum atomic E-state index is -0.325. The van der Waals surface area contributed by atoms with Gasteiger partial charge in [-0.05, 0) is 5.92 Å². The lowest BCUT2D eigenvalue weighted by Gasteiger charge is -2.44. The molecule has 1 aliphatic rings. The average Bonchev–Trinajstić information content (AvgIpc) is 1.94. The molecule has 1 rings (SSSR count). The van der Waals surface area contributed by atoms with Crippen LogP contribution < -0.4 is 5.73 Å². The molecule has 0 aromatic heterocycles. The van der Waals surface area contributed by atoms with E-state index in [1.54, 1.807) is 11.9 Å². The summed E-state index contributed by atoms with van der Waals surface area (Å²) >= 11 is 0. The summed E-state index contributed by atoms with van der Waals surface area (Å²) in [4.78, 5) is 14.8. The number of hydrogen-bond acceptors (Lipinski definition) is 2. The van der Waals surface area contributed by atoms with Crippen LogP contribution in [0.1, 0.15) is 13.8 Å². The van der Waals surface area contributed by atoms with Crippen LogP contribution in [0.5, 0.6) is 0 Å². The maximum atomic E-state index is 10.8. The number of amides is 2.